The molecule has 1 heteroatoms. The Morgan fingerprint density at radius 3 is 2.14 bits per heavy atom. The molecule has 0 amide bonds. The molecule has 2 aromatic carbocycles. The van der Waals surface area contributed by atoms with Crippen LogP contribution in [0.5, 0.6) is 0 Å². The van der Waals surface area contributed by atoms with Gasteiger partial charge < -0.3 is 0 Å². The maximum Gasteiger partial charge on any atom is 0.0371 e. The number of hydrogen-bond donors (Lipinski definition) is 0. The molecule has 111 valence electrons. The summed E-state index contributed by atoms with van der Waals surface area (Å²) in [5, 5.41) is 0. The number of alkyl halides is 1. The smallest absolute Gasteiger partial charge is 0.0371 e. The van der Waals surface area contributed by atoms with Crippen molar-refractivity contribution in [1.29, 1.82) is 0 Å². The molecule has 0 nitrogen and oxygen atoms in total. The molecule has 1 radical (unpaired) electrons. The van der Waals surface area contributed by atoms with Crippen molar-refractivity contribution < 1.29 is 0 Å². The van der Waals surface area contributed by atoms with E-state index in [1.165, 1.54) is 22.6 Å². The van der Waals surface area contributed by atoms with Crippen LogP contribution in [0.25, 0.3) is 0 Å². The van der Waals surface area contributed by atoms with E-state index in [-0.39, 0.29) is 0 Å². The molecule has 2 rings (SSSR count). The van der Waals surface area contributed by atoms with Crippen LogP contribution in [-0.2, 0) is 0 Å². The van der Waals surface area contributed by atoms with Gasteiger partial charge in [-0.2, -0.15) is 0 Å². The summed E-state index contributed by atoms with van der Waals surface area (Å²) in [4.78, 5) is 0. The number of rotatable bonds is 6. The standard InChI is InChI=1S/C20H24Cl/c1-15(2)18-11-7-8-12-19(18)20(16(3)13-14-21)17-9-5-4-6-10-17/h4-12,15-16H,13-14H2,1-3H3. The van der Waals surface area contributed by atoms with E-state index in [0.29, 0.717) is 17.7 Å². The van der Waals surface area contributed by atoms with Gasteiger partial charge in [-0.05, 0) is 34.9 Å². The predicted molar refractivity (Wildman–Crippen MR) is 92.9 cm³/mol. The topological polar surface area (TPSA) is 0 Å². The first kappa shape index (κ1) is 16.1. The maximum atomic E-state index is 6.00. The van der Waals surface area contributed by atoms with E-state index in [0.717, 1.165) is 6.42 Å². The number of hydrogen-bond acceptors (Lipinski definition) is 0. The van der Waals surface area contributed by atoms with Gasteiger partial charge in [-0.15, -0.1) is 11.6 Å². The molecule has 2 aromatic rings. The molecule has 0 aliphatic heterocycles. The largest absolute Gasteiger partial charge is 0.127 e. The lowest BCUT2D eigenvalue weighted by atomic mass is 9.77. The molecule has 0 aromatic heterocycles. The highest BCUT2D eigenvalue weighted by Crippen LogP contribution is 2.36. The molecule has 0 spiro atoms. The Morgan fingerprint density at radius 2 is 1.52 bits per heavy atom. The molecule has 0 fully saturated rings. The zero-order valence-electron chi connectivity index (χ0n) is 13.1. The molecular weight excluding hydrogens is 276 g/mol. The van der Waals surface area contributed by atoms with Crippen molar-refractivity contribution in [3.8, 4) is 0 Å². The summed E-state index contributed by atoms with van der Waals surface area (Å²) in [7, 11) is 0. The Balaban J connectivity index is 2.50. The molecule has 0 heterocycles. The van der Waals surface area contributed by atoms with Crippen molar-refractivity contribution in [3.05, 3.63) is 77.2 Å². The van der Waals surface area contributed by atoms with Gasteiger partial charge in [0.15, 0.2) is 0 Å². The fraction of sp³-hybridized carbons (Fsp3) is 0.350. The molecular formula is C20H24Cl. The van der Waals surface area contributed by atoms with Crippen molar-refractivity contribution in [3.63, 3.8) is 0 Å². The normalized spacial score (nSPS) is 12.9. The molecule has 0 saturated carbocycles. The molecule has 0 aliphatic carbocycles. The zero-order valence-corrected chi connectivity index (χ0v) is 13.9. The highest BCUT2D eigenvalue weighted by atomic mass is 35.5. The van der Waals surface area contributed by atoms with Crippen molar-refractivity contribution >= 4 is 11.6 Å². The van der Waals surface area contributed by atoms with Gasteiger partial charge in [0.25, 0.3) is 0 Å². The monoisotopic (exact) mass is 299 g/mol. The van der Waals surface area contributed by atoms with E-state index >= 15 is 0 Å². The van der Waals surface area contributed by atoms with Crippen LogP contribution in [0.15, 0.2) is 54.6 Å². The molecule has 0 aliphatic rings. The summed E-state index contributed by atoms with van der Waals surface area (Å²) in [5.41, 5.74) is 4.09. The SMILES string of the molecule is CC(CCCl)[C](c1ccccc1)c1ccccc1C(C)C. The van der Waals surface area contributed by atoms with E-state index in [1.54, 1.807) is 0 Å². The second-order valence-electron chi connectivity index (χ2n) is 5.90. The first-order valence-corrected chi connectivity index (χ1v) is 8.26. The summed E-state index contributed by atoms with van der Waals surface area (Å²) in [6.07, 6.45) is 0.998. The maximum absolute atomic E-state index is 6.00. The third-order valence-electron chi connectivity index (χ3n) is 3.99. The Hall–Kier alpha value is -1.27. The van der Waals surface area contributed by atoms with E-state index in [9.17, 15) is 0 Å². The van der Waals surface area contributed by atoms with Crippen molar-refractivity contribution in [2.24, 2.45) is 5.92 Å². The minimum atomic E-state index is 0.449. The first-order valence-electron chi connectivity index (χ1n) is 7.72. The van der Waals surface area contributed by atoms with E-state index < -0.39 is 0 Å². The Bertz CT molecular complexity index is 545. The van der Waals surface area contributed by atoms with Gasteiger partial charge in [0.05, 0.1) is 0 Å². The van der Waals surface area contributed by atoms with Gasteiger partial charge in [-0.1, -0.05) is 75.4 Å². The molecule has 21 heavy (non-hydrogen) atoms. The highest BCUT2D eigenvalue weighted by Gasteiger charge is 2.24. The van der Waals surface area contributed by atoms with Crippen LogP contribution < -0.4 is 0 Å². The van der Waals surface area contributed by atoms with Crippen LogP contribution >= 0.6 is 11.6 Å². The lowest BCUT2D eigenvalue weighted by molar-refractivity contribution is 0.611. The van der Waals surface area contributed by atoms with Crippen molar-refractivity contribution in [1.82, 2.24) is 0 Å². The van der Waals surface area contributed by atoms with Crippen molar-refractivity contribution in [2.45, 2.75) is 33.1 Å². The third-order valence-corrected chi connectivity index (χ3v) is 4.21. The molecule has 1 atom stereocenters. The summed E-state index contributed by atoms with van der Waals surface area (Å²) in [6.45, 7) is 6.79. The van der Waals surface area contributed by atoms with Gasteiger partial charge >= 0.3 is 0 Å². The molecule has 0 N–H and O–H groups in total. The summed E-state index contributed by atoms with van der Waals surface area (Å²) in [6, 6.07) is 19.5. The van der Waals surface area contributed by atoms with E-state index in [2.05, 4.69) is 75.4 Å². The molecule has 0 bridgehead atoms. The Labute approximate surface area is 134 Å². The van der Waals surface area contributed by atoms with Gasteiger partial charge in [-0.3, -0.25) is 0 Å². The molecule has 1 unspecified atom stereocenters. The summed E-state index contributed by atoms with van der Waals surface area (Å²) in [5.74, 6) is 3.08. The lowest BCUT2D eigenvalue weighted by Crippen LogP contribution is -2.15. The number of halogens is 1. The Kier molecular flexibility index (Phi) is 5.87. The average molecular weight is 300 g/mol. The van der Waals surface area contributed by atoms with Crippen LogP contribution in [0.4, 0.5) is 0 Å². The second-order valence-corrected chi connectivity index (χ2v) is 6.28. The third kappa shape index (κ3) is 3.89. The Morgan fingerprint density at radius 1 is 0.905 bits per heavy atom. The zero-order chi connectivity index (χ0) is 15.2. The fourth-order valence-corrected chi connectivity index (χ4v) is 3.20. The summed E-state index contributed by atoms with van der Waals surface area (Å²) >= 11 is 6.00. The van der Waals surface area contributed by atoms with Gasteiger partial charge in [0.1, 0.15) is 0 Å². The van der Waals surface area contributed by atoms with Crippen LogP contribution in [0, 0.1) is 11.8 Å². The van der Waals surface area contributed by atoms with Crippen LogP contribution in [0.1, 0.15) is 49.8 Å². The van der Waals surface area contributed by atoms with Crippen LogP contribution in [0.3, 0.4) is 0 Å². The minimum Gasteiger partial charge on any atom is -0.127 e. The van der Waals surface area contributed by atoms with Crippen LogP contribution in [-0.4, -0.2) is 5.88 Å². The second kappa shape index (κ2) is 7.66. The quantitative estimate of drug-likeness (QED) is 0.570. The predicted octanol–water partition coefficient (Wildman–Crippen LogP) is 6.05. The van der Waals surface area contributed by atoms with E-state index in [1.807, 2.05) is 0 Å². The van der Waals surface area contributed by atoms with Gasteiger partial charge in [0, 0.05) is 11.8 Å². The van der Waals surface area contributed by atoms with Gasteiger partial charge in [-0.25, -0.2) is 0 Å². The average Bonchev–Trinajstić information content (AvgIpc) is 2.49. The highest BCUT2D eigenvalue weighted by molar-refractivity contribution is 6.17. The minimum absolute atomic E-state index is 0.449. The lowest BCUT2D eigenvalue weighted by Gasteiger charge is -2.27. The van der Waals surface area contributed by atoms with Crippen molar-refractivity contribution in [2.75, 3.05) is 5.88 Å². The number of benzene rings is 2. The first-order chi connectivity index (χ1) is 10.1. The fourth-order valence-electron chi connectivity index (χ4n) is 2.88. The summed E-state index contributed by atoms with van der Waals surface area (Å²) < 4.78 is 0. The van der Waals surface area contributed by atoms with E-state index in [4.69, 9.17) is 11.6 Å². The van der Waals surface area contributed by atoms with Crippen LogP contribution in [0.2, 0.25) is 0 Å². The van der Waals surface area contributed by atoms with Gasteiger partial charge in [0.2, 0.25) is 0 Å². The molecule has 0 saturated heterocycles.